The lowest BCUT2D eigenvalue weighted by Crippen LogP contribution is -2.31. The van der Waals surface area contributed by atoms with E-state index >= 15 is 0 Å². The maximum absolute atomic E-state index is 5.05. The van der Waals surface area contributed by atoms with Crippen LogP contribution in [-0.4, -0.2) is 22.4 Å². The molecule has 1 aromatic heterocycles. The predicted molar refractivity (Wildman–Crippen MR) is 87.5 cm³/mol. The van der Waals surface area contributed by atoms with Gasteiger partial charge in [-0.2, -0.15) is 5.10 Å². The van der Waals surface area contributed by atoms with E-state index in [-0.39, 0.29) is 0 Å². The first-order valence-electron chi connectivity index (χ1n) is 6.52. The van der Waals surface area contributed by atoms with Crippen molar-refractivity contribution in [1.82, 2.24) is 15.3 Å². The van der Waals surface area contributed by atoms with Gasteiger partial charge in [0.15, 0.2) is 5.11 Å². The van der Waals surface area contributed by atoms with Gasteiger partial charge in [0.2, 0.25) is 0 Å². The summed E-state index contributed by atoms with van der Waals surface area (Å²) in [6, 6.07) is 12.3. The van der Waals surface area contributed by atoms with Crippen LogP contribution in [0.4, 0.5) is 0 Å². The molecular formula is C15H18N4S. The molecule has 104 valence electrons. The van der Waals surface area contributed by atoms with Crippen molar-refractivity contribution in [1.29, 1.82) is 0 Å². The average molecular weight is 286 g/mol. The van der Waals surface area contributed by atoms with Crippen molar-refractivity contribution in [2.24, 2.45) is 5.10 Å². The van der Waals surface area contributed by atoms with Gasteiger partial charge in [0, 0.05) is 18.4 Å². The fourth-order valence-electron chi connectivity index (χ4n) is 1.80. The molecule has 20 heavy (non-hydrogen) atoms. The van der Waals surface area contributed by atoms with Crippen LogP contribution < -0.4 is 10.7 Å². The minimum absolute atomic E-state index is 0.525. The maximum atomic E-state index is 5.05. The second-order valence-electron chi connectivity index (χ2n) is 4.37. The van der Waals surface area contributed by atoms with Crippen molar-refractivity contribution in [3.8, 4) is 5.69 Å². The van der Waals surface area contributed by atoms with Gasteiger partial charge in [-0.1, -0.05) is 17.7 Å². The van der Waals surface area contributed by atoms with Gasteiger partial charge < -0.3 is 9.88 Å². The first kappa shape index (κ1) is 14.3. The lowest BCUT2D eigenvalue weighted by atomic mass is 10.2. The molecule has 1 aromatic carbocycles. The van der Waals surface area contributed by atoms with Crippen molar-refractivity contribution < 1.29 is 0 Å². The molecule has 0 atom stereocenters. The van der Waals surface area contributed by atoms with Gasteiger partial charge >= 0.3 is 0 Å². The number of aryl methyl sites for hydroxylation is 1. The molecule has 1 heterocycles. The molecule has 2 N–H and O–H groups in total. The molecule has 2 rings (SSSR count). The number of rotatable bonds is 4. The van der Waals surface area contributed by atoms with Crippen molar-refractivity contribution in [3.05, 3.63) is 53.9 Å². The zero-order chi connectivity index (χ0) is 14.4. The monoisotopic (exact) mass is 286 g/mol. The zero-order valence-electron chi connectivity index (χ0n) is 11.6. The molecule has 0 unspecified atom stereocenters. The molecule has 2 aromatic rings. The summed E-state index contributed by atoms with van der Waals surface area (Å²) in [5, 5.41) is 7.64. The van der Waals surface area contributed by atoms with Crippen molar-refractivity contribution >= 4 is 23.5 Å². The fraction of sp³-hybridized carbons (Fsp3) is 0.200. The molecule has 0 aliphatic heterocycles. The molecule has 0 bridgehead atoms. The van der Waals surface area contributed by atoms with E-state index in [4.69, 9.17) is 12.2 Å². The van der Waals surface area contributed by atoms with Crippen LogP contribution in [0.3, 0.4) is 0 Å². The molecule has 0 saturated heterocycles. The van der Waals surface area contributed by atoms with Crippen LogP contribution in [0, 0.1) is 6.92 Å². The summed E-state index contributed by atoms with van der Waals surface area (Å²) in [5.41, 5.74) is 6.12. The second-order valence-corrected chi connectivity index (χ2v) is 4.78. The number of hydrogen-bond acceptors (Lipinski definition) is 2. The van der Waals surface area contributed by atoms with Gasteiger partial charge in [-0.3, -0.25) is 5.43 Å². The van der Waals surface area contributed by atoms with Gasteiger partial charge in [0.1, 0.15) is 0 Å². The van der Waals surface area contributed by atoms with E-state index in [1.165, 1.54) is 5.56 Å². The minimum atomic E-state index is 0.525. The number of aromatic nitrogens is 1. The lowest BCUT2D eigenvalue weighted by Gasteiger charge is -2.07. The van der Waals surface area contributed by atoms with E-state index < -0.39 is 0 Å². The first-order valence-corrected chi connectivity index (χ1v) is 6.93. The maximum Gasteiger partial charge on any atom is 0.186 e. The standard InChI is InChI=1S/C15H18N4S/c1-3-16-15(20)18-17-11-14-5-4-10-19(14)13-8-6-12(2)7-9-13/h4-11H,3H2,1-2H3,(H2,16,18,20). The third-order valence-corrected chi connectivity index (χ3v) is 3.03. The van der Waals surface area contributed by atoms with E-state index in [0.717, 1.165) is 17.9 Å². The molecule has 0 spiro atoms. The Morgan fingerprint density at radius 3 is 2.75 bits per heavy atom. The normalized spacial score (nSPS) is 10.7. The zero-order valence-corrected chi connectivity index (χ0v) is 12.4. The fourth-order valence-corrected chi connectivity index (χ4v) is 1.99. The SMILES string of the molecule is CCNC(=S)NN=Cc1cccn1-c1ccc(C)cc1. The van der Waals surface area contributed by atoms with Gasteiger partial charge in [-0.15, -0.1) is 0 Å². The van der Waals surface area contributed by atoms with E-state index in [1.54, 1.807) is 6.21 Å². The van der Waals surface area contributed by atoms with Crippen molar-refractivity contribution in [2.45, 2.75) is 13.8 Å². The van der Waals surface area contributed by atoms with Crippen LogP contribution in [0.5, 0.6) is 0 Å². The molecule has 0 aliphatic rings. The van der Waals surface area contributed by atoms with E-state index in [9.17, 15) is 0 Å². The van der Waals surface area contributed by atoms with Crippen molar-refractivity contribution in [3.63, 3.8) is 0 Å². The molecular weight excluding hydrogens is 268 g/mol. The summed E-state index contributed by atoms with van der Waals surface area (Å²) < 4.78 is 2.07. The van der Waals surface area contributed by atoms with Crippen LogP contribution in [-0.2, 0) is 0 Å². The number of hydrogen-bond donors (Lipinski definition) is 2. The molecule has 0 radical (unpaired) electrons. The van der Waals surface area contributed by atoms with Gasteiger partial charge in [-0.05, 0) is 50.3 Å². The number of nitrogens with one attached hydrogen (secondary N) is 2. The lowest BCUT2D eigenvalue weighted by molar-refractivity contribution is 0.902. The van der Waals surface area contributed by atoms with E-state index in [1.807, 2.05) is 25.3 Å². The molecule has 4 nitrogen and oxygen atoms in total. The molecule has 5 heteroatoms. The Balaban J connectivity index is 2.11. The number of thiocarbonyl (C=S) groups is 1. The Labute approximate surface area is 124 Å². The Kier molecular flexibility index (Phi) is 4.90. The number of hydrazone groups is 1. The average Bonchev–Trinajstić information content (AvgIpc) is 2.88. The predicted octanol–water partition coefficient (Wildman–Crippen LogP) is 2.60. The van der Waals surface area contributed by atoms with E-state index in [0.29, 0.717) is 5.11 Å². The van der Waals surface area contributed by atoms with Crippen LogP contribution in [0.15, 0.2) is 47.7 Å². The minimum Gasteiger partial charge on any atom is -0.362 e. The summed E-state index contributed by atoms with van der Waals surface area (Å²) in [7, 11) is 0. The summed E-state index contributed by atoms with van der Waals surface area (Å²) in [6.45, 7) is 4.84. The first-order chi connectivity index (χ1) is 9.70. The Morgan fingerprint density at radius 2 is 2.05 bits per heavy atom. The van der Waals surface area contributed by atoms with Crippen LogP contribution in [0.2, 0.25) is 0 Å². The quantitative estimate of drug-likeness (QED) is 0.516. The van der Waals surface area contributed by atoms with Gasteiger partial charge in [-0.25, -0.2) is 0 Å². The summed E-state index contributed by atoms with van der Waals surface area (Å²) in [5.74, 6) is 0. The topological polar surface area (TPSA) is 41.4 Å². The largest absolute Gasteiger partial charge is 0.362 e. The Bertz CT molecular complexity index is 599. The summed E-state index contributed by atoms with van der Waals surface area (Å²) in [4.78, 5) is 0. The second kappa shape index (κ2) is 6.86. The third-order valence-electron chi connectivity index (χ3n) is 2.79. The highest BCUT2D eigenvalue weighted by atomic mass is 32.1. The third kappa shape index (κ3) is 3.68. The molecule has 0 aliphatic carbocycles. The van der Waals surface area contributed by atoms with Crippen LogP contribution >= 0.6 is 12.2 Å². The van der Waals surface area contributed by atoms with Crippen LogP contribution in [0.25, 0.3) is 5.69 Å². The molecule has 0 fully saturated rings. The van der Waals surface area contributed by atoms with Gasteiger partial charge in [0.25, 0.3) is 0 Å². The summed E-state index contributed by atoms with van der Waals surface area (Å²) >= 11 is 5.05. The Hall–Kier alpha value is -2.14. The summed E-state index contributed by atoms with van der Waals surface area (Å²) in [6.07, 6.45) is 3.76. The molecule has 0 saturated carbocycles. The molecule has 0 amide bonds. The smallest absolute Gasteiger partial charge is 0.186 e. The van der Waals surface area contributed by atoms with E-state index in [2.05, 4.69) is 51.6 Å². The van der Waals surface area contributed by atoms with Crippen LogP contribution in [0.1, 0.15) is 18.2 Å². The Morgan fingerprint density at radius 1 is 1.30 bits per heavy atom. The van der Waals surface area contributed by atoms with Gasteiger partial charge in [0.05, 0.1) is 11.9 Å². The highest BCUT2D eigenvalue weighted by molar-refractivity contribution is 7.80. The van der Waals surface area contributed by atoms with Crippen molar-refractivity contribution in [2.75, 3.05) is 6.54 Å². The number of benzene rings is 1. The highest BCUT2D eigenvalue weighted by Gasteiger charge is 2.00. The highest BCUT2D eigenvalue weighted by Crippen LogP contribution is 2.12. The number of nitrogens with zero attached hydrogens (tertiary/aromatic N) is 2.